The minimum Gasteiger partial charge on any atom is -0.310 e. The molecule has 2 bridgehead atoms. The Bertz CT molecular complexity index is 847. The second-order valence-electron chi connectivity index (χ2n) is 9.33. The van der Waals surface area contributed by atoms with Gasteiger partial charge >= 0.3 is 9.90 Å². The van der Waals surface area contributed by atoms with E-state index in [0.717, 1.165) is 35.8 Å². The maximum atomic E-state index is 14.0. The molecule has 0 spiro atoms. The number of aromatic nitrogens is 1. The van der Waals surface area contributed by atoms with E-state index in [2.05, 4.69) is 35.3 Å². The number of alkyl halides is 2. The summed E-state index contributed by atoms with van der Waals surface area (Å²) in [6.45, 7) is 3.37. The monoisotopic (exact) mass is 436 g/mol. The molecule has 0 amide bonds. The van der Waals surface area contributed by atoms with Crippen LogP contribution >= 0.6 is 21.2 Å². The van der Waals surface area contributed by atoms with Gasteiger partial charge in [0, 0.05) is 36.9 Å². The first-order chi connectivity index (χ1) is 13.4. The van der Waals surface area contributed by atoms with Gasteiger partial charge in [-0.15, -0.1) is 11.3 Å². The van der Waals surface area contributed by atoms with Gasteiger partial charge in [0.2, 0.25) is 0 Å². The number of halogens is 2. The van der Waals surface area contributed by atoms with E-state index < -0.39 is 5.92 Å². The summed E-state index contributed by atoms with van der Waals surface area (Å²) < 4.78 is 29.2. The second-order valence-corrected chi connectivity index (χ2v) is 10.4. The fourth-order valence-corrected chi connectivity index (χ4v) is 6.52. The Morgan fingerprint density at radius 2 is 1.90 bits per heavy atom. The molecule has 7 heteroatoms. The van der Waals surface area contributed by atoms with Gasteiger partial charge < -0.3 is 5.32 Å². The maximum absolute atomic E-state index is 14.0. The molecule has 3 aliphatic heterocycles. The minimum atomic E-state index is -2.50. The minimum absolute atomic E-state index is 0. The number of thiazole rings is 1. The molecule has 0 radical (unpaired) electrons. The van der Waals surface area contributed by atoms with Crippen molar-refractivity contribution in [2.24, 2.45) is 5.92 Å². The van der Waals surface area contributed by atoms with Crippen molar-refractivity contribution < 1.29 is 8.78 Å². The molecule has 4 heterocycles. The van der Waals surface area contributed by atoms with Crippen LogP contribution < -0.4 is 5.32 Å². The molecule has 4 atom stereocenters. The van der Waals surface area contributed by atoms with Gasteiger partial charge in [0.1, 0.15) is 0 Å². The van der Waals surface area contributed by atoms with Gasteiger partial charge in [-0.3, -0.25) is 4.90 Å². The second kappa shape index (κ2) is 8.11. The van der Waals surface area contributed by atoms with Crippen LogP contribution in [-0.4, -0.2) is 41.5 Å². The molecule has 3 saturated heterocycles. The number of hydrogen-bond donors (Lipinski definition) is 1. The van der Waals surface area contributed by atoms with Crippen LogP contribution in [0.2, 0.25) is 0 Å². The molecule has 2 unspecified atom stereocenters. The van der Waals surface area contributed by atoms with Crippen LogP contribution in [0.3, 0.4) is 0 Å². The van der Waals surface area contributed by atoms with Crippen LogP contribution in [0.1, 0.15) is 68.0 Å². The Kier molecular flexibility index (Phi) is 6.02. The van der Waals surface area contributed by atoms with Gasteiger partial charge in [-0.2, -0.15) is 0 Å². The van der Waals surface area contributed by atoms with Crippen molar-refractivity contribution in [3.05, 3.63) is 28.8 Å². The summed E-state index contributed by atoms with van der Waals surface area (Å²) in [6, 6.07) is 7.06. The quantitative estimate of drug-likeness (QED) is 0.569. The number of piperidine rings is 3. The number of fused-ring (bicyclic) bond motifs is 3. The third-order valence-corrected chi connectivity index (χ3v) is 8.37. The van der Waals surface area contributed by atoms with Crippen LogP contribution in [0.5, 0.6) is 0 Å². The van der Waals surface area contributed by atoms with Crippen molar-refractivity contribution in [1.82, 2.24) is 15.2 Å². The molecule has 0 aliphatic carbocycles. The zero-order chi connectivity index (χ0) is 19.5. The SMILES string of the molecule is C[C@H]1CC[C@H](c2ccc3sc(C4CC5CC(F)(F)CC(C4)N5C)nc3c2)NC1.[P+5]. The molecule has 1 aromatic heterocycles. The first kappa shape index (κ1) is 21.5. The summed E-state index contributed by atoms with van der Waals surface area (Å²) in [5.41, 5.74) is 2.41. The maximum Gasteiger partial charge on any atom is 5.00 e. The molecule has 5 rings (SSSR count). The van der Waals surface area contributed by atoms with E-state index in [1.54, 1.807) is 11.3 Å². The van der Waals surface area contributed by atoms with Crippen LogP contribution in [-0.2, 0) is 0 Å². The number of nitrogens with one attached hydrogen (secondary N) is 1. The van der Waals surface area contributed by atoms with Crippen LogP contribution in [0.4, 0.5) is 8.78 Å². The Morgan fingerprint density at radius 1 is 1.17 bits per heavy atom. The van der Waals surface area contributed by atoms with E-state index in [1.807, 2.05) is 7.05 Å². The Labute approximate surface area is 179 Å². The average molecular weight is 437 g/mol. The van der Waals surface area contributed by atoms with Crippen LogP contribution in [0.15, 0.2) is 18.2 Å². The number of hydrogen-bond acceptors (Lipinski definition) is 4. The van der Waals surface area contributed by atoms with Crippen molar-refractivity contribution in [3.8, 4) is 0 Å². The van der Waals surface area contributed by atoms with Crippen molar-refractivity contribution in [1.29, 1.82) is 0 Å². The van der Waals surface area contributed by atoms with Crippen molar-refractivity contribution in [2.75, 3.05) is 13.6 Å². The predicted octanol–water partition coefficient (Wildman–Crippen LogP) is 6.19. The van der Waals surface area contributed by atoms with E-state index in [1.165, 1.54) is 23.1 Å². The summed E-state index contributed by atoms with van der Waals surface area (Å²) in [4.78, 5) is 7.17. The number of rotatable bonds is 2. The van der Waals surface area contributed by atoms with E-state index >= 15 is 0 Å². The molecule has 1 N–H and O–H groups in total. The Balaban J connectivity index is 0.00000205. The summed E-state index contributed by atoms with van der Waals surface area (Å²) in [7, 11) is 2.02. The zero-order valence-electron chi connectivity index (χ0n) is 17.1. The van der Waals surface area contributed by atoms with E-state index in [9.17, 15) is 8.78 Å². The number of nitrogens with zero attached hydrogens (tertiary/aromatic N) is 2. The van der Waals surface area contributed by atoms with Crippen LogP contribution in [0.25, 0.3) is 10.2 Å². The zero-order valence-corrected chi connectivity index (χ0v) is 18.8. The van der Waals surface area contributed by atoms with Crippen LogP contribution in [0, 0.1) is 5.92 Å². The first-order valence-corrected chi connectivity index (χ1v) is 11.4. The molecule has 2 aromatic rings. The first-order valence-electron chi connectivity index (χ1n) is 10.6. The molecule has 3 fully saturated rings. The Morgan fingerprint density at radius 3 is 2.55 bits per heavy atom. The molecular formula is C22H29F2N3PS+5. The molecular weight excluding hydrogens is 407 g/mol. The summed E-state index contributed by atoms with van der Waals surface area (Å²) in [5, 5.41) is 4.80. The van der Waals surface area contributed by atoms with E-state index in [-0.39, 0.29) is 34.8 Å². The average Bonchev–Trinajstić information content (AvgIpc) is 3.06. The molecule has 29 heavy (non-hydrogen) atoms. The van der Waals surface area contributed by atoms with E-state index in [0.29, 0.717) is 12.0 Å². The smallest absolute Gasteiger partial charge is 0.310 e. The van der Waals surface area contributed by atoms with Gasteiger partial charge in [0.25, 0.3) is 5.92 Å². The topological polar surface area (TPSA) is 28.2 Å². The summed E-state index contributed by atoms with van der Waals surface area (Å²) in [6.07, 6.45) is 4.04. The van der Waals surface area contributed by atoms with Gasteiger partial charge in [-0.1, -0.05) is 13.0 Å². The van der Waals surface area contributed by atoms with Crippen molar-refractivity contribution in [3.63, 3.8) is 0 Å². The van der Waals surface area contributed by atoms with Crippen molar-refractivity contribution in [2.45, 2.75) is 75.4 Å². The van der Waals surface area contributed by atoms with Gasteiger partial charge in [0.05, 0.1) is 15.2 Å². The molecule has 3 nitrogen and oxygen atoms in total. The standard InChI is InChI=1S/C22H29F2N3S.P/c1-13-3-5-18(25-12-13)14-4-6-20-19(9-14)26-21(28-20)15-7-16-10-22(23,24)11-17(8-15)27(16)2;/h4,6,9,13,15-18,25H,3,5,7-8,10-12H2,1-2H3;/q;+5/t13-,15?,16?,17?,18+;/m0./s1. The summed E-state index contributed by atoms with van der Waals surface area (Å²) in [5.74, 6) is -1.43. The fraction of sp³-hybridized carbons (Fsp3) is 0.682. The van der Waals surface area contributed by atoms with E-state index in [4.69, 9.17) is 4.98 Å². The third kappa shape index (κ3) is 4.23. The van der Waals surface area contributed by atoms with Gasteiger partial charge in [-0.25, -0.2) is 13.8 Å². The molecule has 152 valence electrons. The molecule has 0 saturated carbocycles. The predicted molar refractivity (Wildman–Crippen MR) is 117 cm³/mol. The van der Waals surface area contributed by atoms with Gasteiger partial charge in [-0.05, 0) is 62.9 Å². The largest absolute Gasteiger partial charge is 5.00 e. The summed E-state index contributed by atoms with van der Waals surface area (Å²) >= 11 is 1.76. The molecule has 3 aliphatic rings. The Hall–Kier alpha value is -0.680. The third-order valence-electron chi connectivity index (χ3n) is 7.17. The fourth-order valence-electron chi connectivity index (χ4n) is 5.45. The number of benzene rings is 1. The van der Waals surface area contributed by atoms with Crippen molar-refractivity contribution >= 4 is 31.5 Å². The van der Waals surface area contributed by atoms with Gasteiger partial charge in [0.15, 0.2) is 0 Å². The molecule has 1 aromatic carbocycles. The normalized spacial score (nSPS) is 34.7.